The molecule has 1 aliphatic heterocycles. The van der Waals surface area contributed by atoms with E-state index in [-0.39, 0.29) is 5.24 Å². The molecule has 1 aromatic heterocycles. The number of thioether (sulfide) groups is 1. The van der Waals surface area contributed by atoms with E-state index >= 15 is 0 Å². The third-order valence-electron chi connectivity index (χ3n) is 4.91. The first-order valence-corrected chi connectivity index (χ1v) is 11.0. The molecule has 0 aliphatic carbocycles. The number of para-hydroxylation sites is 2. The largest absolute Gasteiger partial charge is 0.296 e. The van der Waals surface area contributed by atoms with Crippen LogP contribution >= 0.6 is 24.0 Å². The average molecular weight is 440 g/mol. The van der Waals surface area contributed by atoms with Gasteiger partial charge >= 0.3 is 0 Å². The Morgan fingerprint density at radius 3 is 2.03 bits per heavy atom. The van der Waals surface area contributed by atoms with Gasteiger partial charge in [-0.05, 0) is 42.1 Å². The maximum absolute atomic E-state index is 12.7. The number of thiocarbonyl (C=S) groups is 1. The maximum atomic E-state index is 12.7. The van der Waals surface area contributed by atoms with Crippen molar-refractivity contribution < 1.29 is 4.79 Å². The van der Waals surface area contributed by atoms with Crippen molar-refractivity contribution in [3.63, 3.8) is 0 Å². The Morgan fingerprint density at radius 1 is 0.806 bits per heavy atom. The Kier molecular flexibility index (Phi) is 5.24. The van der Waals surface area contributed by atoms with Crippen LogP contribution in [0.25, 0.3) is 23.0 Å². The lowest BCUT2D eigenvalue weighted by molar-refractivity contribution is 0.268. The molecule has 0 bridgehead atoms. The quantitative estimate of drug-likeness (QED) is 0.266. The molecule has 5 rings (SSSR count). The van der Waals surface area contributed by atoms with Gasteiger partial charge < -0.3 is 0 Å². The minimum atomic E-state index is -0.0980. The predicted octanol–water partition coefficient (Wildman–Crippen LogP) is 6.58. The van der Waals surface area contributed by atoms with Gasteiger partial charge in [0.25, 0.3) is 5.24 Å². The average Bonchev–Trinajstić information content (AvgIpc) is 3.36. The monoisotopic (exact) mass is 439 g/mol. The molecule has 1 aliphatic rings. The first-order valence-electron chi connectivity index (χ1n) is 9.74. The second-order valence-corrected chi connectivity index (χ2v) is 8.31. The number of aromatic nitrogens is 2. The fourth-order valence-electron chi connectivity index (χ4n) is 3.43. The Balaban J connectivity index is 1.58. The zero-order chi connectivity index (χ0) is 21.2. The number of carbonyl (C=O) groups is 1. The van der Waals surface area contributed by atoms with Gasteiger partial charge in [-0.15, -0.1) is 0 Å². The summed E-state index contributed by atoms with van der Waals surface area (Å²) in [5, 5.41) is 4.74. The molecule has 0 unspecified atom stereocenters. The van der Waals surface area contributed by atoms with Crippen molar-refractivity contribution >= 4 is 46.0 Å². The van der Waals surface area contributed by atoms with Crippen molar-refractivity contribution in [1.29, 1.82) is 0 Å². The molecule has 0 atom stereocenters. The lowest BCUT2D eigenvalue weighted by Gasteiger charge is -2.14. The maximum Gasteiger partial charge on any atom is 0.296 e. The highest BCUT2D eigenvalue weighted by atomic mass is 32.2. The summed E-state index contributed by atoms with van der Waals surface area (Å²) in [6, 6.07) is 29.5. The van der Waals surface area contributed by atoms with Crippen LogP contribution in [0.15, 0.2) is 102 Å². The van der Waals surface area contributed by atoms with Crippen molar-refractivity contribution in [2.45, 2.75) is 0 Å². The van der Waals surface area contributed by atoms with E-state index in [9.17, 15) is 4.79 Å². The standard InChI is InChI=1S/C25H17N3OS2/c29-25-28(21-14-8-3-9-15-21)24(30)22(31-25)16-19-17-27(20-12-6-2-7-13-20)26-23(19)18-10-4-1-5-11-18/h1-17H/b22-16+. The summed E-state index contributed by atoms with van der Waals surface area (Å²) in [5.74, 6) is 0. The van der Waals surface area contributed by atoms with Crippen LogP contribution in [0.3, 0.4) is 0 Å². The summed E-state index contributed by atoms with van der Waals surface area (Å²) < 4.78 is 1.86. The van der Waals surface area contributed by atoms with Crippen LogP contribution in [0.1, 0.15) is 5.56 Å². The topological polar surface area (TPSA) is 38.1 Å². The van der Waals surface area contributed by atoms with Gasteiger partial charge in [0, 0.05) is 17.3 Å². The molecule has 2 heterocycles. The fourth-order valence-corrected chi connectivity index (χ4v) is 4.71. The summed E-state index contributed by atoms with van der Waals surface area (Å²) in [7, 11) is 0. The Hall–Kier alpha value is -3.48. The molecule has 0 saturated carbocycles. The predicted molar refractivity (Wildman–Crippen MR) is 131 cm³/mol. The Labute approximate surface area is 189 Å². The normalized spacial score (nSPS) is 15.1. The van der Waals surface area contributed by atoms with E-state index in [1.807, 2.05) is 108 Å². The third-order valence-corrected chi connectivity index (χ3v) is 6.33. The number of benzene rings is 3. The zero-order valence-corrected chi connectivity index (χ0v) is 18.0. The summed E-state index contributed by atoms with van der Waals surface area (Å²) in [6.07, 6.45) is 3.94. The van der Waals surface area contributed by atoms with E-state index in [0.717, 1.165) is 44.9 Å². The number of nitrogens with zero attached hydrogens (tertiary/aromatic N) is 3. The second kappa shape index (κ2) is 8.34. The first-order chi connectivity index (χ1) is 15.2. The van der Waals surface area contributed by atoms with E-state index in [1.54, 1.807) is 4.90 Å². The van der Waals surface area contributed by atoms with Crippen LogP contribution in [0, 0.1) is 0 Å². The molecule has 31 heavy (non-hydrogen) atoms. The molecule has 0 spiro atoms. The first kappa shape index (κ1) is 19.5. The molecule has 6 heteroatoms. The number of rotatable bonds is 4. The number of amides is 1. The van der Waals surface area contributed by atoms with E-state index in [1.165, 1.54) is 0 Å². The molecule has 0 N–H and O–H groups in total. The summed E-state index contributed by atoms with van der Waals surface area (Å²) >= 11 is 6.82. The van der Waals surface area contributed by atoms with Gasteiger partial charge in [0.15, 0.2) is 0 Å². The Bertz CT molecular complexity index is 1280. The van der Waals surface area contributed by atoms with Gasteiger partial charge in [-0.25, -0.2) is 4.68 Å². The molecule has 1 fully saturated rings. The Morgan fingerprint density at radius 2 is 1.39 bits per heavy atom. The number of hydrogen-bond acceptors (Lipinski definition) is 4. The van der Waals surface area contributed by atoms with Crippen LogP contribution in [0.4, 0.5) is 10.5 Å². The number of carbonyl (C=O) groups excluding carboxylic acids is 1. The third kappa shape index (κ3) is 3.83. The van der Waals surface area contributed by atoms with Crippen LogP contribution < -0.4 is 4.90 Å². The van der Waals surface area contributed by atoms with E-state index in [2.05, 4.69) is 0 Å². The van der Waals surface area contributed by atoms with Crippen LogP contribution in [-0.2, 0) is 0 Å². The molecule has 4 aromatic rings. The fraction of sp³-hybridized carbons (Fsp3) is 0. The zero-order valence-electron chi connectivity index (χ0n) is 16.4. The van der Waals surface area contributed by atoms with Crippen LogP contribution in [0.5, 0.6) is 0 Å². The highest BCUT2D eigenvalue weighted by Gasteiger charge is 2.33. The lowest BCUT2D eigenvalue weighted by atomic mass is 10.1. The molecule has 3 aromatic carbocycles. The molecular weight excluding hydrogens is 422 g/mol. The van der Waals surface area contributed by atoms with Crippen molar-refractivity contribution in [3.05, 3.63) is 108 Å². The molecular formula is C25H17N3OS2. The highest BCUT2D eigenvalue weighted by Crippen LogP contribution is 2.38. The van der Waals surface area contributed by atoms with Gasteiger partial charge in [-0.3, -0.25) is 9.69 Å². The SMILES string of the molecule is O=C1S/C(=C/c2cn(-c3ccccc3)nc2-c2ccccc2)C(=S)N1c1ccccc1. The van der Waals surface area contributed by atoms with Gasteiger partial charge in [0.2, 0.25) is 0 Å². The van der Waals surface area contributed by atoms with Gasteiger partial charge in [0.05, 0.1) is 22.0 Å². The molecule has 1 amide bonds. The molecule has 150 valence electrons. The number of hydrogen-bond donors (Lipinski definition) is 0. The second-order valence-electron chi connectivity index (χ2n) is 6.93. The van der Waals surface area contributed by atoms with Gasteiger partial charge in [0.1, 0.15) is 4.99 Å². The summed E-state index contributed by atoms with van der Waals surface area (Å²) in [4.78, 5) is 15.5. The van der Waals surface area contributed by atoms with Gasteiger partial charge in [-0.1, -0.05) is 78.9 Å². The highest BCUT2D eigenvalue weighted by molar-refractivity contribution is 8.20. The minimum absolute atomic E-state index is 0.0980. The van der Waals surface area contributed by atoms with Crippen LogP contribution in [0.2, 0.25) is 0 Å². The summed E-state index contributed by atoms with van der Waals surface area (Å²) in [5.41, 5.74) is 4.49. The molecule has 4 nitrogen and oxygen atoms in total. The van der Waals surface area contributed by atoms with Crippen molar-refractivity contribution in [1.82, 2.24) is 9.78 Å². The van der Waals surface area contributed by atoms with E-state index in [0.29, 0.717) is 4.99 Å². The summed E-state index contributed by atoms with van der Waals surface area (Å²) in [6.45, 7) is 0. The van der Waals surface area contributed by atoms with Crippen molar-refractivity contribution in [2.75, 3.05) is 4.90 Å². The van der Waals surface area contributed by atoms with Crippen molar-refractivity contribution in [2.24, 2.45) is 0 Å². The smallest absolute Gasteiger partial charge is 0.261 e. The van der Waals surface area contributed by atoms with Crippen molar-refractivity contribution in [3.8, 4) is 16.9 Å². The van der Waals surface area contributed by atoms with Gasteiger partial charge in [-0.2, -0.15) is 5.10 Å². The lowest BCUT2D eigenvalue weighted by Crippen LogP contribution is -2.26. The molecule has 0 radical (unpaired) electrons. The van der Waals surface area contributed by atoms with E-state index in [4.69, 9.17) is 17.3 Å². The van der Waals surface area contributed by atoms with Crippen LogP contribution in [-0.4, -0.2) is 20.0 Å². The van der Waals surface area contributed by atoms with E-state index < -0.39 is 0 Å². The minimum Gasteiger partial charge on any atom is -0.261 e. The molecule has 1 saturated heterocycles. The number of anilines is 1.